The molecule has 5 nitrogen and oxygen atoms in total. The van der Waals surface area contributed by atoms with Crippen LogP contribution in [-0.4, -0.2) is 22.0 Å². The van der Waals surface area contributed by atoms with Gasteiger partial charge in [0.1, 0.15) is 5.92 Å². The molecule has 2 N–H and O–H groups in total. The van der Waals surface area contributed by atoms with Crippen LogP contribution in [0.4, 0.5) is 0 Å². The van der Waals surface area contributed by atoms with Crippen molar-refractivity contribution in [2.45, 2.75) is 19.9 Å². The molecule has 0 saturated heterocycles. The molecule has 0 fully saturated rings. The van der Waals surface area contributed by atoms with Crippen LogP contribution >= 0.6 is 0 Å². The van der Waals surface area contributed by atoms with Crippen LogP contribution < -0.4 is 5.32 Å². The maximum Gasteiger partial charge on any atom is 0.315 e. The van der Waals surface area contributed by atoms with E-state index in [2.05, 4.69) is 10.3 Å². The van der Waals surface area contributed by atoms with Crippen molar-refractivity contribution >= 4 is 11.9 Å². The predicted octanol–water partition coefficient (Wildman–Crippen LogP) is 0.979. The minimum atomic E-state index is -1.13. The zero-order valence-corrected chi connectivity index (χ0v) is 9.18. The van der Waals surface area contributed by atoms with Crippen LogP contribution in [-0.2, 0) is 9.59 Å². The topological polar surface area (TPSA) is 79.3 Å². The van der Waals surface area contributed by atoms with Crippen LogP contribution in [0.15, 0.2) is 24.5 Å². The summed E-state index contributed by atoms with van der Waals surface area (Å²) < 4.78 is 0. The van der Waals surface area contributed by atoms with Crippen LogP contribution in [0.5, 0.6) is 0 Å². The lowest BCUT2D eigenvalue weighted by atomic mass is 10.1. The molecule has 1 aromatic heterocycles. The molecule has 1 aromatic rings. The van der Waals surface area contributed by atoms with E-state index < -0.39 is 17.8 Å². The van der Waals surface area contributed by atoms with Gasteiger partial charge in [-0.1, -0.05) is 6.07 Å². The van der Waals surface area contributed by atoms with Gasteiger partial charge in [0.05, 0.1) is 6.04 Å². The Hall–Kier alpha value is -1.91. The van der Waals surface area contributed by atoms with Crippen LogP contribution in [0.2, 0.25) is 0 Å². The minimum absolute atomic E-state index is 0.247. The van der Waals surface area contributed by atoms with Crippen molar-refractivity contribution in [3.8, 4) is 0 Å². The molecular weight excluding hydrogens is 208 g/mol. The number of hydrogen-bond donors (Lipinski definition) is 2. The SMILES string of the molecule is CC(C(=O)O)C(=O)NC(C)c1cccnc1. The minimum Gasteiger partial charge on any atom is -0.481 e. The highest BCUT2D eigenvalue weighted by Gasteiger charge is 2.22. The number of pyridine rings is 1. The van der Waals surface area contributed by atoms with E-state index in [1.807, 2.05) is 6.07 Å². The quantitative estimate of drug-likeness (QED) is 0.744. The lowest BCUT2D eigenvalue weighted by Crippen LogP contribution is -2.35. The molecule has 0 aliphatic carbocycles. The zero-order chi connectivity index (χ0) is 12.1. The molecule has 0 aliphatic rings. The molecule has 0 aromatic carbocycles. The normalized spacial score (nSPS) is 13.9. The lowest BCUT2D eigenvalue weighted by molar-refractivity contribution is -0.146. The van der Waals surface area contributed by atoms with Crippen LogP contribution in [0.25, 0.3) is 0 Å². The molecule has 0 spiro atoms. The Morgan fingerprint density at radius 2 is 2.12 bits per heavy atom. The average molecular weight is 222 g/mol. The largest absolute Gasteiger partial charge is 0.481 e. The van der Waals surface area contributed by atoms with Crippen molar-refractivity contribution in [1.29, 1.82) is 0 Å². The number of carboxylic acid groups (broad SMARTS) is 1. The zero-order valence-electron chi connectivity index (χ0n) is 9.18. The molecule has 2 atom stereocenters. The molecule has 0 aliphatic heterocycles. The maximum absolute atomic E-state index is 11.5. The average Bonchev–Trinajstić information content (AvgIpc) is 2.28. The third kappa shape index (κ3) is 3.05. The first kappa shape index (κ1) is 12.2. The van der Waals surface area contributed by atoms with Gasteiger partial charge in [0.15, 0.2) is 0 Å². The monoisotopic (exact) mass is 222 g/mol. The smallest absolute Gasteiger partial charge is 0.315 e. The van der Waals surface area contributed by atoms with E-state index >= 15 is 0 Å². The number of carbonyl (C=O) groups excluding carboxylic acids is 1. The maximum atomic E-state index is 11.5. The summed E-state index contributed by atoms with van der Waals surface area (Å²) in [6, 6.07) is 3.34. The number of carbonyl (C=O) groups is 2. The van der Waals surface area contributed by atoms with E-state index in [4.69, 9.17) is 5.11 Å². The molecule has 1 heterocycles. The van der Waals surface area contributed by atoms with Gasteiger partial charge in [0.2, 0.25) is 5.91 Å². The van der Waals surface area contributed by atoms with Gasteiger partial charge in [-0.05, 0) is 25.5 Å². The van der Waals surface area contributed by atoms with Gasteiger partial charge < -0.3 is 10.4 Å². The molecule has 1 rings (SSSR count). The number of aliphatic carboxylic acids is 1. The molecule has 0 saturated carbocycles. The molecule has 2 unspecified atom stereocenters. The Kier molecular flexibility index (Phi) is 3.99. The van der Waals surface area contributed by atoms with Gasteiger partial charge in [-0.25, -0.2) is 0 Å². The summed E-state index contributed by atoms with van der Waals surface area (Å²) in [5.74, 6) is -2.67. The number of amides is 1. The summed E-state index contributed by atoms with van der Waals surface area (Å²) >= 11 is 0. The van der Waals surface area contributed by atoms with E-state index in [1.54, 1.807) is 25.4 Å². The Labute approximate surface area is 93.5 Å². The van der Waals surface area contributed by atoms with E-state index in [0.717, 1.165) is 5.56 Å². The van der Waals surface area contributed by atoms with Crippen molar-refractivity contribution in [3.63, 3.8) is 0 Å². The van der Waals surface area contributed by atoms with Crippen molar-refractivity contribution in [3.05, 3.63) is 30.1 Å². The fourth-order valence-electron chi connectivity index (χ4n) is 1.17. The highest BCUT2D eigenvalue weighted by Crippen LogP contribution is 2.10. The second-order valence-electron chi connectivity index (χ2n) is 3.58. The van der Waals surface area contributed by atoms with Gasteiger partial charge in [0, 0.05) is 12.4 Å². The van der Waals surface area contributed by atoms with Gasteiger partial charge in [-0.15, -0.1) is 0 Å². The molecule has 86 valence electrons. The van der Waals surface area contributed by atoms with E-state index in [-0.39, 0.29) is 6.04 Å². The Morgan fingerprint density at radius 1 is 1.44 bits per heavy atom. The first-order valence-electron chi connectivity index (χ1n) is 4.95. The second kappa shape index (κ2) is 5.25. The molecular formula is C11H14N2O3. The van der Waals surface area contributed by atoms with Crippen molar-refractivity contribution in [2.24, 2.45) is 5.92 Å². The summed E-state index contributed by atoms with van der Waals surface area (Å²) in [6.45, 7) is 3.14. The number of nitrogens with zero attached hydrogens (tertiary/aromatic N) is 1. The Bertz CT molecular complexity index is 378. The van der Waals surface area contributed by atoms with Crippen LogP contribution in [0, 0.1) is 5.92 Å². The van der Waals surface area contributed by atoms with Crippen molar-refractivity contribution in [2.75, 3.05) is 0 Å². The number of carboxylic acids is 1. The first-order valence-corrected chi connectivity index (χ1v) is 4.95. The third-order valence-electron chi connectivity index (χ3n) is 2.31. The van der Waals surface area contributed by atoms with Gasteiger partial charge in [-0.3, -0.25) is 14.6 Å². The second-order valence-corrected chi connectivity index (χ2v) is 3.58. The summed E-state index contributed by atoms with van der Waals surface area (Å²) in [7, 11) is 0. The number of aromatic nitrogens is 1. The summed E-state index contributed by atoms with van der Waals surface area (Å²) in [5, 5.41) is 11.3. The Balaban J connectivity index is 2.62. The van der Waals surface area contributed by atoms with E-state index in [0.29, 0.717) is 0 Å². The molecule has 5 heteroatoms. The van der Waals surface area contributed by atoms with Crippen molar-refractivity contribution < 1.29 is 14.7 Å². The molecule has 0 radical (unpaired) electrons. The van der Waals surface area contributed by atoms with Gasteiger partial charge in [-0.2, -0.15) is 0 Å². The van der Waals surface area contributed by atoms with Crippen LogP contribution in [0.3, 0.4) is 0 Å². The standard InChI is InChI=1S/C11H14N2O3/c1-7(11(15)16)10(14)13-8(2)9-4-3-5-12-6-9/h3-8H,1-2H3,(H,13,14)(H,15,16). The van der Waals surface area contributed by atoms with E-state index in [9.17, 15) is 9.59 Å². The number of hydrogen-bond acceptors (Lipinski definition) is 3. The van der Waals surface area contributed by atoms with Crippen LogP contribution in [0.1, 0.15) is 25.5 Å². The third-order valence-corrected chi connectivity index (χ3v) is 2.31. The van der Waals surface area contributed by atoms with Gasteiger partial charge in [0.25, 0.3) is 0 Å². The number of rotatable bonds is 4. The number of nitrogens with one attached hydrogen (secondary N) is 1. The molecule has 1 amide bonds. The van der Waals surface area contributed by atoms with Crippen molar-refractivity contribution in [1.82, 2.24) is 10.3 Å². The summed E-state index contributed by atoms with van der Waals surface area (Å²) in [4.78, 5) is 26.0. The summed E-state index contributed by atoms with van der Waals surface area (Å²) in [5.41, 5.74) is 0.841. The lowest BCUT2D eigenvalue weighted by Gasteiger charge is -2.15. The summed E-state index contributed by atoms with van der Waals surface area (Å²) in [6.07, 6.45) is 3.27. The van der Waals surface area contributed by atoms with E-state index in [1.165, 1.54) is 6.92 Å². The van der Waals surface area contributed by atoms with Gasteiger partial charge >= 0.3 is 5.97 Å². The predicted molar refractivity (Wildman–Crippen MR) is 57.6 cm³/mol. The fourth-order valence-corrected chi connectivity index (χ4v) is 1.17. The fraction of sp³-hybridized carbons (Fsp3) is 0.364. The molecule has 0 bridgehead atoms. The first-order chi connectivity index (χ1) is 7.52. The highest BCUT2D eigenvalue weighted by molar-refractivity contribution is 5.96. The Morgan fingerprint density at radius 3 is 2.62 bits per heavy atom. The highest BCUT2D eigenvalue weighted by atomic mass is 16.4. The molecule has 16 heavy (non-hydrogen) atoms.